The lowest BCUT2D eigenvalue weighted by molar-refractivity contribution is -0.119. The number of guanidine groups is 1. The number of ether oxygens (including phenoxy) is 1. The van der Waals surface area contributed by atoms with E-state index in [1.165, 1.54) is 5.56 Å². The molecule has 2 atom stereocenters. The van der Waals surface area contributed by atoms with Crippen molar-refractivity contribution in [2.75, 3.05) is 26.7 Å². The average molecular weight is 474 g/mol. The number of carbonyl (C=O) groups excluding carboxylic acids is 1. The highest BCUT2D eigenvalue weighted by Gasteiger charge is 2.23. The first-order valence-corrected chi connectivity index (χ1v) is 8.95. The minimum atomic E-state index is -0.227. The second-order valence-corrected chi connectivity index (χ2v) is 6.80. The van der Waals surface area contributed by atoms with E-state index < -0.39 is 0 Å². The molecule has 146 valence electrons. The number of hydrogen-bond acceptors (Lipinski definition) is 3. The molecule has 0 saturated carbocycles. The summed E-state index contributed by atoms with van der Waals surface area (Å²) in [5.41, 5.74) is 6.52. The molecular weight excluding hydrogens is 443 g/mol. The SMILES string of the molecule is CN=C(NCC(C)Oc1cccc(C)c1)N1CCCC(CC(N)=O)C1.I. The lowest BCUT2D eigenvalue weighted by atomic mass is 9.95. The minimum absolute atomic E-state index is 0. The Morgan fingerprint density at radius 3 is 2.92 bits per heavy atom. The molecule has 1 heterocycles. The summed E-state index contributed by atoms with van der Waals surface area (Å²) >= 11 is 0. The summed E-state index contributed by atoms with van der Waals surface area (Å²) in [6.45, 7) is 6.51. The van der Waals surface area contributed by atoms with E-state index in [2.05, 4.69) is 28.2 Å². The maximum absolute atomic E-state index is 11.2. The number of primary amides is 1. The Balaban J connectivity index is 0.00000338. The molecule has 1 saturated heterocycles. The number of aryl methyl sites for hydroxylation is 1. The number of hydrogen-bond donors (Lipinski definition) is 2. The summed E-state index contributed by atoms with van der Waals surface area (Å²) in [4.78, 5) is 17.8. The van der Waals surface area contributed by atoms with Crippen molar-refractivity contribution in [3.8, 4) is 5.75 Å². The van der Waals surface area contributed by atoms with Crippen LogP contribution in [0, 0.1) is 12.8 Å². The topological polar surface area (TPSA) is 80.0 Å². The predicted molar refractivity (Wildman–Crippen MR) is 116 cm³/mol. The standard InChI is InChI=1S/C19H30N4O2.HI/c1-14-6-4-8-17(10-14)25-15(2)12-22-19(21-3)23-9-5-7-16(13-23)11-18(20)24;/h4,6,8,10,15-16H,5,7,9,11-13H2,1-3H3,(H2,20,24)(H,21,22);1H. The van der Waals surface area contributed by atoms with E-state index >= 15 is 0 Å². The van der Waals surface area contributed by atoms with Crippen LogP contribution in [-0.2, 0) is 4.79 Å². The second-order valence-electron chi connectivity index (χ2n) is 6.80. The summed E-state index contributed by atoms with van der Waals surface area (Å²) in [6, 6.07) is 8.05. The monoisotopic (exact) mass is 474 g/mol. The number of rotatable bonds is 6. The zero-order valence-electron chi connectivity index (χ0n) is 15.9. The number of amides is 1. The zero-order valence-corrected chi connectivity index (χ0v) is 18.2. The van der Waals surface area contributed by atoms with Crippen LogP contribution >= 0.6 is 24.0 Å². The maximum Gasteiger partial charge on any atom is 0.217 e. The molecule has 7 heteroatoms. The van der Waals surface area contributed by atoms with Crippen molar-refractivity contribution in [2.24, 2.45) is 16.6 Å². The van der Waals surface area contributed by atoms with Crippen molar-refractivity contribution in [3.63, 3.8) is 0 Å². The molecule has 1 aromatic carbocycles. The van der Waals surface area contributed by atoms with E-state index in [0.29, 0.717) is 18.9 Å². The molecule has 1 amide bonds. The Hall–Kier alpha value is -1.51. The molecule has 0 bridgehead atoms. The van der Waals surface area contributed by atoms with Crippen molar-refractivity contribution in [1.82, 2.24) is 10.2 Å². The molecule has 0 aliphatic carbocycles. The van der Waals surface area contributed by atoms with Crippen LogP contribution in [0.1, 0.15) is 31.7 Å². The number of likely N-dealkylation sites (tertiary alicyclic amines) is 1. The first kappa shape index (κ1) is 22.5. The summed E-state index contributed by atoms with van der Waals surface area (Å²) in [7, 11) is 1.78. The van der Waals surface area contributed by atoms with Crippen LogP contribution in [-0.4, -0.2) is 49.6 Å². The van der Waals surface area contributed by atoms with Gasteiger partial charge >= 0.3 is 0 Å². The predicted octanol–water partition coefficient (Wildman–Crippen LogP) is 2.54. The van der Waals surface area contributed by atoms with Gasteiger partial charge < -0.3 is 20.7 Å². The Morgan fingerprint density at radius 1 is 1.50 bits per heavy atom. The fourth-order valence-corrected chi connectivity index (χ4v) is 3.24. The molecule has 26 heavy (non-hydrogen) atoms. The molecule has 0 spiro atoms. The smallest absolute Gasteiger partial charge is 0.217 e. The number of nitrogens with two attached hydrogens (primary N) is 1. The van der Waals surface area contributed by atoms with Gasteiger partial charge in [-0.15, -0.1) is 24.0 Å². The molecule has 6 nitrogen and oxygen atoms in total. The van der Waals surface area contributed by atoms with Gasteiger partial charge in [0, 0.05) is 26.6 Å². The normalized spacial score (nSPS) is 18.7. The molecule has 3 N–H and O–H groups in total. The van der Waals surface area contributed by atoms with E-state index in [-0.39, 0.29) is 36.0 Å². The highest BCUT2D eigenvalue weighted by molar-refractivity contribution is 14.0. The van der Waals surface area contributed by atoms with Gasteiger partial charge in [-0.2, -0.15) is 0 Å². The van der Waals surface area contributed by atoms with Crippen LogP contribution in [0.4, 0.5) is 0 Å². The van der Waals surface area contributed by atoms with Crippen LogP contribution in [0.5, 0.6) is 5.75 Å². The number of carbonyl (C=O) groups is 1. The molecule has 0 radical (unpaired) electrons. The third kappa shape index (κ3) is 7.39. The Bertz CT molecular complexity index is 609. The Morgan fingerprint density at radius 2 is 2.27 bits per heavy atom. The number of benzene rings is 1. The van der Waals surface area contributed by atoms with Crippen LogP contribution in [0.3, 0.4) is 0 Å². The first-order chi connectivity index (χ1) is 12.0. The number of aliphatic imine (C=N–C) groups is 1. The van der Waals surface area contributed by atoms with Crippen LogP contribution in [0.15, 0.2) is 29.3 Å². The number of piperidine rings is 1. The van der Waals surface area contributed by atoms with Gasteiger partial charge in [0.05, 0.1) is 6.54 Å². The molecule has 2 rings (SSSR count). The summed E-state index contributed by atoms with van der Waals surface area (Å²) in [6.07, 6.45) is 2.56. The number of halogens is 1. The van der Waals surface area contributed by atoms with Gasteiger partial charge in [-0.1, -0.05) is 12.1 Å². The zero-order chi connectivity index (χ0) is 18.2. The van der Waals surface area contributed by atoms with E-state index in [1.807, 2.05) is 25.1 Å². The van der Waals surface area contributed by atoms with Gasteiger partial charge in [0.25, 0.3) is 0 Å². The van der Waals surface area contributed by atoms with Crippen molar-refractivity contribution in [3.05, 3.63) is 29.8 Å². The lowest BCUT2D eigenvalue weighted by Crippen LogP contribution is -2.49. The van der Waals surface area contributed by atoms with Crippen LogP contribution < -0.4 is 15.8 Å². The van der Waals surface area contributed by atoms with E-state index in [1.54, 1.807) is 7.05 Å². The largest absolute Gasteiger partial charge is 0.489 e. The Labute approximate surface area is 173 Å². The molecule has 1 aliphatic heterocycles. The summed E-state index contributed by atoms with van der Waals surface area (Å²) in [5.74, 6) is 1.82. The number of nitrogens with zero attached hydrogens (tertiary/aromatic N) is 2. The van der Waals surface area contributed by atoms with Crippen molar-refractivity contribution in [1.29, 1.82) is 0 Å². The van der Waals surface area contributed by atoms with Crippen molar-refractivity contribution < 1.29 is 9.53 Å². The maximum atomic E-state index is 11.2. The molecule has 2 unspecified atom stereocenters. The summed E-state index contributed by atoms with van der Waals surface area (Å²) in [5, 5.41) is 3.38. The second kappa shape index (κ2) is 11.3. The van der Waals surface area contributed by atoms with Crippen LogP contribution in [0.25, 0.3) is 0 Å². The molecule has 0 aromatic heterocycles. The van der Waals surface area contributed by atoms with Crippen molar-refractivity contribution >= 4 is 35.8 Å². The van der Waals surface area contributed by atoms with E-state index in [4.69, 9.17) is 10.5 Å². The third-order valence-corrected chi connectivity index (χ3v) is 4.39. The van der Waals surface area contributed by atoms with Gasteiger partial charge in [0.15, 0.2) is 5.96 Å². The Kier molecular flexibility index (Phi) is 9.75. The molecule has 1 aromatic rings. The third-order valence-electron chi connectivity index (χ3n) is 4.39. The molecule has 1 aliphatic rings. The summed E-state index contributed by atoms with van der Waals surface area (Å²) < 4.78 is 5.95. The fraction of sp³-hybridized carbons (Fsp3) is 0.579. The van der Waals surface area contributed by atoms with E-state index in [9.17, 15) is 4.79 Å². The van der Waals surface area contributed by atoms with Gasteiger partial charge in [-0.05, 0) is 50.3 Å². The van der Waals surface area contributed by atoms with Crippen LogP contribution in [0.2, 0.25) is 0 Å². The molecule has 1 fully saturated rings. The van der Waals surface area contributed by atoms with Crippen molar-refractivity contribution in [2.45, 2.75) is 39.2 Å². The van der Waals surface area contributed by atoms with Gasteiger partial charge in [-0.3, -0.25) is 9.79 Å². The van der Waals surface area contributed by atoms with Gasteiger partial charge in [-0.25, -0.2) is 0 Å². The first-order valence-electron chi connectivity index (χ1n) is 8.95. The lowest BCUT2D eigenvalue weighted by Gasteiger charge is -2.35. The van der Waals surface area contributed by atoms with E-state index in [0.717, 1.165) is 37.6 Å². The minimum Gasteiger partial charge on any atom is -0.489 e. The van der Waals surface area contributed by atoms with Gasteiger partial charge in [0.2, 0.25) is 5.91 Å². The molecular formula is C19H31IN4O2. The average Bonchev–Trinajstić information content (AvgIpc) is 2.55. The highest BCUT2D eigenvalue weighted by Crippen LogP contribution is 2.19. The van der Waals surface area contributed by atoms with Gasteiger partial charge in [0.1, 0.15) is 11.9 Å². The number of nitrogens with one attached hydrogen (secondary N) is 1. The fourth-order valence-electron chi connectivity index (χ4n) is 3.24. The highest BCUT2D eigenvalue weighted by atomic mass is 127. The quantitative estimate of drug-likeness (QED) is 0.378.